The molecule has 0 unspecified atom stereocenters. The number of hydrogen-bond acceptors (Lipinski definition) is 2. The zero-order valence-corrected chi connectivity index (χ0v) is 6.61. The van der Waals surface area contributed by atoms with Gasteiger partial charge in [-0.25, -0.2) is 12.7 Å². The molecule has 0 saturated carbocycles. The van der Waals surface area contributed by atoms with Crippen molar-refractivity contribution in [3.05, 3.63) is 6.92 Å². The monoisotopic (exact) mass is 150 g/mol. The minimum atomic E-state index is -2.97. The molecular formula is C5H12NO2S. The van der Waals surface area contributed by atoms with E-state index in [1.165, 1.54) is 10.6 Å². The van der Waals surface area contributed by atoms with Crippen LogP contribution in [0.5, 0.6) is 0 Å². The maximum absolute atomic E-state index is 10.6. The Balaban J connectivity index is 3.90. The summed E-state index contributed by atoms with van der Waals surface area (Å²) in [4.78, 5) is 0. The summed E-state index contributed by atoms with van der Waals surface area (Å²) in [5.41, 5.74) is 0. The van der Waals surface area contributed by atoms with Gasteiger partial charge >= 0.3 is 0 Å². The van der Waals surface area contributed by atoms with E-state index in [1.54, 1.807) is 7.05 Å². The summed E-state index contributed by atoms with van der Waals surface area (Å²) in [6.45, 7) is 4.03. The fourth-order valence-corrected chi connectivity index (χ4v) is 0.849. The van der Waals surface area contributed by atoms with Gasteiger partial charge in [0, 0.05) is 13.6 Å². The van der Waals surface area contributed by atoms with Crippen molar-refractivity contribution >= 4 is 10.0 Å². The molecule has 0 aliphatic carbocycles. The van der Waals surface area contributed by atoms with Gasteiger partial charge in [-0.15, -0.1) is 0 Å². The molecule has 0 aliphatic heterocycles. The molecule has 3 nitrogen and oxygen atoms in total. The first-order valence-corrected chi connectivity index (χ1v) is 4.54. The van der Waals surface area contributed by atoms with E-state index >= 15 is 0 Å². The summed E-state index contributed by atoms with van der Waals surface area (Å²) >= 11 is 0. The Hall–Kier alpha value is -0.0900. The second-order valence-corrected chi connectivity index (χ2v) is 4.03. The minimum Gasteiger partial charge on any atom is -0.213 e. The summed E-state index contributed by atoms with van der Waals surface area (Å²) in [6, 6.07) is 0. The molecule has 9 heavy (non-hydrogen) atoms. The standard InChI is InChI=1S/C5H12NO2S/c1-4-5-6(2)9(3,7)8/h1,4-5H2,2-3H3. The van der Waals surface area contributed by atoms with E-state index in [2.05, 4.69) is 6.92 Å². The van der Waals surface area contributed by atoms with Crippen LogP contribution in [-0.2, 0) is 10.0 Å². The minimum absolute atomic E-state index is 0.499. The average Bonchev–Trinajstić information content (AvgIpc) is 1.64. The molecular weight excluding hydrogens is 138 g/mol. The number of hydrogen-bond donors (Lipinski definition) is 0. The van der Waals surface area contributed by atoms with Crippen LogP contribution in [0.1, 0.15) is 6.42 Å². The van der Waals surface area contributed by atoms with Crippen LogP contribution in [0.25, 0.3) is 0 Å². The molecule has 0 spiro atoms. The van der Waals surface area contributed by atoms with E-state index in [1.807, 2.05) is 0 Å². The van der Waals surface area contributed by atoms with Crippen LogP contribution in [0, 0.1) is 6.92 Å². The smallest absolute Gasteiger partial charge is 0.210 e. The Morgan fingerprint density at radius 1 is 1.56 bits per heavy atom. The van der Waals surface area contributed by atoms with Crippen molar-refractivity contribution in [2.24, 2.45) is 0 Å². The Bertz CT molecular complexity index is 162. The Morgan fingerprint density at radius 2 is 2.00 bits per heavy atom. The predicted octanol–water partition coefficient (Wildman–Crippen LogP) is 0.102. The van der Waals surface area contributed by atoms with Crippen LogP contribution in [0.3, 0.4) is 0 Å². The van der Waals surface area contributed by atoms with Crippen LogP contribution in [0.2, 0.25) is 0 Å². The topological polar surface area (TPSA) is 37.4 Å². The first kappa shape index (κ1) is 8.91. The third-order valence-electron chi connectivity index (χ3n) is 1.04. The molecule has 0 amide bonds. The maximum atomic E-state index is 10.6. The molecule has 0 saturated heterocycles. The summed E-state index contributed by atoms with van der Waals surface area (Å²) in [5, 5.41) is 0. The molecule has 55 valence electrons. The lowest BCUT2D eigenvalue weighted by atomic mass is 10.5. The van der Waals surface area contributed by atoms with Crippen molar-refractivity contribution in [3.8, 4) is 0 Å². The average molecular weight is 150 g/mol. The van der Waals surface area contributed by atoms with E-state index in [9.17, 15) is 8.42 Å². The lowest BCUT2D eigenvalue weighted by Gasteiger charge is -2.11. The fraction of sp³-hybridized carbons (Fsp3) is 0.800. The quantitative estimate of drug-likeness (QED) is 0.572. The zero-order chi connectivity index (χ0) is 7.49. The van der Waals surface area contributed by atoms with Crippen LogP contribution in [0.15, 0.2) is 0 Å². The molecule has 0 atom stereocenters. The number of nitrogens with zero attached hydrogens (tertiary/aromatic N) is 1. The van der Waals surface area contributed by atoms with Crippen LogP contribution < -0.4 is 0 Å². The highest BCUT2D eigenvalue weighted by Gasteiger charge is 2.07. The van der Waals surface area contributed by atoms with Gasteiger partial charge in [-0.3, -0.25) is 0 Å². The lowest BCUT2D eigenvalue weighted by Crippen LogP contribution is -2.25. The van der Waals surface area contributed by atoms with Crippen LogP contribution in [-0.4, -0.2) is 32.6 Å². The van der Waals surface area contributed by atoms with E-state index in [0.29, 0.717) is 13.0 Å². The van der Waals surface area contributed by atoms with Crippen molar-refractivity contribution in [2.45, 2.75) is 6.42 Å². The van der Waals surface area contributed by atoms with Crippen molar-refractivity contribution in [1.29, 1.82) is 0 Å². The van der Waals surface area contributed by atoms with Gasteiger partial charge in [-0.2, -0.15) is 0 Å². The summed E-state index contributed by atoms with van der Waals surface area (Å²) in [6.07, 6.45) is 1.80. The van der Waals surface area contributed by atoms with Crippen LogP contribution in [0.4, 0.5) is 0 Å². The van der Waals surface area contributed by atoms with Crippen LogP contribution >= 0.6 is 0 Å². The highest BCUT2D eigenvalue weighted by molar-refractivity contribution is 7.88. The molecule has 0 aromatic carbocycles. The first-order chi connectivity index (χ1) is 3.98. The van der Waals surface area contributed by atoms with E-state index in [4.69, 9.17) is 0 Å². The van der Waals surface area contributed by atoms with Crippen molar-refractivity contribution in [2.75, 3.05) is 19.8 Å². The van der Waals surface area contributed by atoms with Gasteiger partial charge in [-0.05, 0) is 6.42 Å². The number of rotatable bonds is 3. The molecule has 0 aliphatic rings. The summed E-state index contributed by atoms with van der Waals surface area (Å²) in [7, 11) is -1.43. The Morgan fingerprint density at radius 3 is 2.11 bits per heavy atom. The molecule has 4 heteroatoms. The second kappa shape index (κ2) is 3.17. The maximum Gasteiger partial charge on any atom is 0.210 e. The lowest BCUT2D eigenvalue weighted by molar-refractivity contribution is 0.480. The molecule has 0 aromatic rings. The summed E-state index contributed by atoms with van der Waals surface area (Å²) in [5.74, 6) is 0. The molecule has 1 radical (unpaired) electrons. The van der Waals surface area contributed by atoms with E-state index in [-0.39, 0.29) is 0 Å². The summed E-state index contributed by atoms with van der Waals surface area (Å²) < 4.78 is 22.5. The van der Waals surface area contributed by atoms with Crippen molar-refractivity contribution < 1.29 is 8.42 Å². The normalized spacial score (nSPS) is 12.4. The molecule has 0 N–H and O–H groups in total. The Kier molecular flexibility index (Phi) is 3.14. The van der Waals surface area contributed by atoms with Crippen molar-refractivity contribution in [1.82, 2.24) is 4.31 Å². The third-order valence-corrected chi connectivity index (χ3v) is 2.35. The van der Waals surface area contributed by atoms with Gasteiger partial charge in [0.25, 0.3) is 0 Å². The Labute approximate surface area is 56.7 Å². The first-order valence-electron chi connectivity index (χ1n) is 2.69. The third kappa shape index (κ3) is 3.48. The van der Waals surface area contributed by atoms with E-state index in [0.717, 1.165) is 0 Å². The van der Waals surface area contributed by atoms with Crippen molar-refractivity contribution in [3.63, 3.8) is 0 Å². The fourth-order valence-electron chi connectivity index (χ4n) is 0.388. The largest absolute Gasteiger partial charge is 0.213 e. The highest BCUT2D eigenvalue weighted by atomic mass is 32.2. The zero-order valence-electron chi connectivity index (χ0n) is 5.79. The SMILES string of the molecule is [CH2]CCN(C)S(C)(=O)=O. The van der Waals surface area contributed by atoms with Gasteiger partial charge in [0.2, 0.25) is 10.0 Å². The molecule has 0 fully saturated rings. The predicted molar refractivity (Wildman–Crippen MR) is 37.4 cm³/mol. The molecule has 0 heterocycles. The molecule has 0 bridgehead atoms. The molecule has 0 rings (SSSR count). The van der Waals surface area contributed by atoms with Gasteiger partial charge in [0.1, 0.15) is 0 Å². The van der Waals surface area contributed by atoms with Gasteiger partial charge in [0.15, 0.2) is 0 Å². The highest BCUT2D eigenvalue weighted by Crippen LogP contribution is 1.92. The van der Waals surface area contributed by atoms with E-state index < -0.39 is 10.0 Å². The number of sulfonamides is 1. The van der Waals surface area contributed by atoms with Gasteiger partial charge < -0.3 is 0 Å². The molecule has 0 aromatic heterocycles. The van der Waals surface area contributed by atoms with Gasteiger partial charge in [-0.1, -0.05) is 6.92 Å². The second-order valence-electron chi connectivity index (χ2n) is 1.94. The van der Waals surface area contributed by atoms with Gasteiger partial charge in [0.05, 0.1) is 6.26 Å².